The molecule has 1 aromatic carbocycles. The Bertz CT molecular complexity index is 266. The van der Waals surface area contributed by atoms with Crippen LogP contribution in [0.3, 0.4) is 0 Å². The minimum absolute atomic E-state index is 0.277. The third-order valence-electron chi connectivity index (χ3n) is 1.62. The summed E-state index contributed by atoms with van der Waals surface area (Å²) >= 11 is 0. The summed E-state index contributed by atoms with van der Waals surface area (Å²) in [5.74, 6) is 0.961. The number of epoxide rings is 1. The molecule has 1 aromatic rings. The third-order valence-corrected chi connectivity index (χ3v) is 1.62. The fourth-order valence-electron chi connectivity index (χ4n) is 0.716. The van der Waals surface area contributed by atoms with Crippen LogP contribution in [0.5, 0.6) is 11.5 Å². The lowest BCUT2D eigenvalue weighted by molar-refractivity contribution is 0.407. The molecular weight excluding hydrogens is 168 g/mol. The maximum absolute atomic E-state index is 9.15. The van der Waals surface area contributed by atoms with Gasteiger partial charge in [0.15, 0.2) is 0 Å². The molecule has 0 unspecified atom stereocenters. The molecule has 1 fully saturated rings. The van der Waals surface area contributed by atoms with Crippen molar-refractivity contribution in [2.75, 3.05) is 20.3 Å². The molecule has 0 aliphatic carbocycles. The van der Waals surface area contributed by atoms with E-state index in [1.807, 2.05) is 19.1 Å². The van der Waals surface area contributed by atoms with Crippen molar-refractivity contribution in [3.63, 3.8) is 0 Å². The quantitative estimate of drug-likeness (QED) is 0.672. The van der Waals surface area contributed by atoms with E-state index in [9.17, 15) is 0 Å². The van der Waals surface area contributed by atoms with Gasteiger partial charge in [0, 0.05) is 6.07 Å². The van der Waals surface area contributed by atoms with Gasteiger partial charge in [-0.05, 0) is 18.6 Å². The van der Waals surface area contributed by atoms with Gasteiger partial charge in [-0.1, -0.05) is 6.07 Å². The van der Waals surface area contributed by atoms with Crippen molar-refractivity contribution in [2.45, 2.75) is 6.92 Å². The second kappa shape index (κ2) is 4.72. The molecule has 0 atom stereocenters. The fourth-order valence-corrected chi connectivity index (χ4v) is 0.716. The Morgan fingerprint density at radius 1 is 1.38 bits per heavy atom. The number of aromatic hydroxyl groups is 1. The van der Waals surface area contributed by atoms with E-state index in [0.29, 0.717) is 5.75 Å². The number of methoxy groups -OCH3 is 1. The molecule has 1 N–H and O–H groups in total. The van der Waals surface area contributed by atoms with Gasteiger partial charge < -0.3 is 14.6 Å². The summed E-state index contributed by atoms with van der Waals surface area (Å²) in [5, 5.41) is 9.15. The normalized spacial score (nSPS) is 12.8. The predicted octanol–water partition coefficient (Wildman–Crippen LogP) is 1.73. The molecule has 1 aliphatic rings. The van der Waals surface area contributed by atoms with Gasteiger partial charge in [0.2, 0.25) is 0 Å². The monoisotopic (exact) mass is 182 g/mol. The largest absolute Gasteiger partial charge is 0.508 e. The van der Waals surface area contributed by atoms with E-state index in [4.69, 9.17) is 9.84 Å². The van der Waals surface area contributed by atoms with Crippen LogP contribution in [-0.4, -0.2) is 25.4 Å². The molecule has 1 saturated heterocycles. The summed E-state index contributed by atoms with van der Waals surface area (Å²) < 4.78 is 9.39. The smallest absolute Gasteiger partial charge is 0.122 e. The Kier molecular flexibility index (Phi) is 3.58. The molecule has 1 aliphatic heterocycles. The SMILES string of the molecule is C1CO1.COc1ccc(C)c(O)c1. The Labute approximate surface area is 77.9 Å². The first kappa shape index (κ1) is 9.86. The summed E-state index contributed by atoms with van der Waals surface area (Å²) in [4.78, 5) is 0. The van der Waals surface area contributed by atoms with Gasteiger partial charge in [0.1, 0.15) is 11.5 Å². The van der Waals surface area contributed by atoms with E-state index < -0.39 is 0 Å². The summed E-state index contributed by atoms with van der Waals surface area (Å²) in [6.45, 7) is 3.84. The van der Waals surface area contributed by atoms with Crippen LogP contribution in [0.4, 0.5) is 0 Å². The molecule has 72 valence electrons. The molecule has 3 heteroatoms. The van der Waals surface area contributed by atoms with Crippen molar-refractivity contribution >= 4 is 0 Å². The van der Waals surface area contributed by atoms with Crippen molar-refractivity contribution in [2.24, 2.45) is 0 Å². The standard InChI is InChI=1S/C8H10O2.C2H4O/c1-6-3-4-7(10-2)5-8(6)9;1-2-3-1/h3-5,9H,1-2H3;1-2H2. The van der Waals surface area contributed by atoms with E-state index in [1.54, 1.807) is 13.2 Å². The summed E-state index contributed by atoms with van der Waals surface area (Å²) in [5.41, 5.74) is 0.862. The number of hydrogen-bond acceptors (Lipinski definition) is 3. The zero-order valence-corrected chi connectivity index (χ0v) is 7.91. The van der Waals surface area contributed by atoms with Crippen LogP contribution in [0.2, 0.25) is 0 Å². The van der Waals surface area contributed by atoms with Gasteiger partial charge in [-0.25, -0.2) is 0 Å². The number of phenols is 1. The second-order valence-electron chi connectivity index (χ2n) is 2.76. The molecule has 1 heterocycles. The second-order valence-corrected chi connectivity index (χ2v) is 2.76. The molecule has 3 nitrogen and oxygen atoms in total. The molecular formula is C10H14O3. The van der Waals surface area contributed by atoms with Crippen LogP contribution >= 0.6 is 0 Å². The highest BCUT2D eigenvalue weighted by atomic mass is 16.6. The Hall–Kier alpha value is -1.22. The Balaban J connectivity index is 0.000000236. The van der Waals surface area contributed by atoms with Gasteiger partial charge in [-0.15, -0.1) is 0 Å². The maximum atomic E-state index is 9.15. The maximum Gasteiger partial charge on any atom is 0.122 e. The number of rotatable bonds is 1. The van der Waals surface area contributed by atoms with E-state index >= 15 is 0 Å². The van der Waals surface area contributed by atoms with E-state index in [2.05, 4.69) is 4.74 Å². The number of benzene rings is 1. The van der Waals surface area contributed by atoms with Gasteiger partial charge in [0.25, 0.3) is 0 Å². The molecule has 2 rings (SSSR count). The van der Waals surface area contributed by atoms with Gasteiger partial charge >= 0.3 is 0 Å². The van der Waals surface area contributed by atoms with E-state index in [0.717, 1.165) is 18.8 Å². The van der Waals surface area contributed by atoms with Crippen LogP contribution in [0.15, 0.2) is 18.2 Å². The molecule has 0 amide bonds. The highest BCUT2D eigenvalue weighted by Crippen LogP contribution is 2.21. The van der Waals surface area contributed by atoms with Crippen LogP contribution in [0.25, 0.3) is 0 Å². The van der Waals surface area contributed by atoms with Crippen LogP contribution in [0, 0.1) is 6.92 Å². The van der Waals surface area contributed by atoms with Crippen LogP contribution in [0.1, 0.15) is 5.56 Å². The zero-order valence-electron chi connectivity index (χ0n) is 7.91. The van der Waals surface area contributed by atoms with Crippen LogP contribution in [-0.2, 0) is 4.74 Å². The Morgan fingerprint density at radius 3 is 2.38 bits per heavy atom. The zero-order chi connectivity index (χ0) is 9.68. The first-order valence-electron chi connectivity index (χ1n) is 4.15. The van der Waals surface area contributed by atoms with Crippen molar-refractivity contribution < 1.29 is 14.6 Å². The average molecular weight is 182 g/mol. The Morgan fingerprint density at radius 2 is 2.00 bits per heavy atom. The molecule has 0 bridgehead atoms. The molecule has 0 spiro atoms. The number of ether oxygens (including phenoxy) is 2. The summed E-state index contributed by atoms with van der Waals surface area (Å²) in [7, 11) is 1.57. The number of phenolic OH excluding ortho intramolecular Hbond substituents is 1. The highest BCUT2D eigenvalue weighted by molar-refractivity contribution is 5.38. The first-order chi connectivity index (χ1) is 6.24. The predicted molar refractivity (Wildman–Crippen MR) is 50.2 cm³/mol. The van der Waals surface area contributed by atoms with Crippen molar-refractivity contribution in [1.82, 2.24) is 0 Å². The molecule has 13 heavy (non-hydrogen) atoms. The van der Waals surface area contributed by atoms with Crippen molar-refractivity contribution in [1.29, 1.82) is 0 Å². The lowest BCUT2D eigenvalue weighted by atomic mass is 10.2. The van der Waals surface area contributed by atoms with E-state index in [1.165, 1.54) is 0 Å². The highest BCUT2D eigenvalue weighted by Gasteiger charge is 1.95. The summed E-state index contributed by atoms with van der Waals surface area (Å²) in [6.07, 6.45) is 0. The lowest BCUT2D eigenvalue weighted by Gasteiger charge is -2.01. The minimum Gasteiger partial charge on any atom is -0.508 e. The number of aryl methyl sites for hydroxylation is 1. The number of hydrogen-bond donors (Lipinski definition) is 1. The van der Waals surface area contributed by atoms with E-state index in [-0.39, 0.29) is 5.75 Å². The van der Waals surface area contributed by atoms with Gasteiger partial charge in [-0.2, -0.15) is 0 Å². The molecule has 0 saturated carbocycles. The first-order valence-corrected chi connectivity index (χ1v) is 4.15. The lowest BCUT2D eigenvalue weighted by Crippen LogP contribution is -1.82. The molecule has 0 radical (unpaired) electrons. The van der Waals surface area contributed by atoms with Crippen molar-refractivity contribution in [3.8, 4) is 11.5 Å². The van der Waals surface area contributed by atoms with Gasteiger partial charge in [0.05, 0.1) is 20.3 Å². The van der Waals surface area contributed by atoms with Crippen LogP contribution < -0.4 is 4.74 Å². The topological polar surface area (TPSA) is 42.0 Å². The fraction of sp³-hybridized carbons (Fsp3) is 0.400. The average Bonchev–Trinajstić information content (AvgIpc) is 2.96. The minimum atomic E-state index is 0.277. The molecule has 0 aromatic heterocycles. The summed E-state index contributed by atoms with van der Waals surface area (Å²) in [6, 6.07) is 5.22. The van der Waals surface area contributed by atoms with Gasteiger partial charge in [-0.3, -0.25) is 0 Å². The van der Waals surface area contributed by atoms with Crippen molar-refractivity contribution in [3.05, 3.63) is 23.8 Å². The third kappa shape index (κ3) is 3.80.